The van der Waals surface area contributed by atoms with Gasteiger partial charge in [0.05, 0.1) is 6.61 Å². The fourth-order valence-electron chi connectivity index (χ4n) is 1.15. The topological polar surface area (TPSA) is 21.3 Å². The first-order valence-electron chi connectivity index (χ1n) is 5.83. The van der Waals surface area contributed by atoms with Crippen LogP contribution in [0.1, 0.15) is 47.5 Å². The van der Waals surface area contributed by atoms with E-state index in [1.54, 1.807) is 11.8 Å². The molecule has 92 valence electrons. The normalized spacial score (nSPS) is 16.4. The van der Waals surface area contributed by atoms with Crippen LogP contribution in [0.4, 0.5) is 0 Å². The second kappa shape index (κ2) is 6.77. The van der Waals surface area contributed by atoms with Crippen LogP contribution in [0.2, 0.25) is 0 Å². The van der Waals surface area contributed by atoms with Gasteiger partial charge in [0.2, 0.25) is 0 Å². The Labute approximate surface area is 99.5 Å². The minimum atomic E-state index is -0.0365. The highest BCUT2D eigenvalue weighted by molar-refractivity contribution is 7.99. The summed E-state index contributed by atoms with van der Waals surface area (Å²) < 4.78 is 5.99. The van der Waals surface area contributed by atoms with E-state index in [2.05, 4.69) is 46.2 Å². The van der Waals surface area contributed by atoms with Gasteiger partial charge in [0, 0.05) is 5.54 Å². The SMILES string of the molecule is CCCNC(C)(C)COC(C)(CC)SC. The number of hydrogen-bond acceptors (Lipinski definition) is 3. The third kappa shape index (κ3) is 6.44. The summed E-state index contributed by atoms with van der Waals surface area (Å²) in [5.74, 6) is 0. The first-order valence-corrected chi connectivity index (χ1v) is 7.05. The first-order chi connectivity index (χ1) is 6.89. The molecule has 0 heterocycles. The van der Waals surface area contributed by atoms with E-state index >= 15 is 0 Å². The van der Waals surface area contributed by atoms with E-state index in [0.29, 0.717) is 0 Å². The third-order valence-electron chi connectivity index (χ3n) is 2.67. The van der Waals surface area contributed by atoms with Crippen molar-refractivity contribution in [1.29, 1.82) is 0 Å². The van der Waals surface area contributed by atoms with Crippen molar-refractivity contribution in [2.45, 2.75) is 57.9 Å². The number of ether oxygens (including phenoxy) is 1. The maximum absolute atomic E-state index is 5.99. The van der Waals surface area contributed by atoms with E-state index in [-0.39, 0.29) is 10.5 Å². The van der Waals surface area contributed by atoms with Crippen molar-refractivity contribution in [3.05, 3.63) is 0 Å². The average molecular weight is 233 g/mol. The van der Waals surface area contributed by atoms with Gasteiger partial charge in [-0.1, -0.05) is 13.8 Å². The first kappa shape index (κ1) is 15.3. The monoisotopic (exact) mass is 233 g/mol. The van der Waals surface area contributed by atoms with E-state index in [0.717, 1.165) is 26.0 Å². The summed E-state index contributed by atoms with van der Waals surface area (Å²) in [6, 6.07) is 0. The van der Waals surface area contributed by atoms with Gasteiger partial charge in [0.1, 0.15) is 4.93 Å². The molecule has 0 bridgehead atoms. The molecule has 0 aliphatic rings. The molecule has 0 aliphatic carbocycles. The summed E-state index contributed by atoms with van der Waals surface area (Å²) in [6.45, 7) is 12.7. The highest BCUT2D eigenvalue weighted by atomic mass is 32.2. The molecule has 0 aromatic rings. The molecule has 0 radical (unpaired) electrons. The van der Waals surface area contributed by atoms with Crippen LogP contribution in [-0.2, 0) is 4.74 Å². The predicted octanol–water partition coefficient (Wildman–Crippen LogP) is 3.27. The lowest BCUT2D eigenvalue weighted by molar-refractivity contribution is 0.00426. The summed E-state index contributed by atoms with van der Waals surface area (Å²) in [5.41, 5.74) is 0.0716. The molecule has 0 aliphatic heterocycles. The van der Waals surface area contributed by atoms with Crippen LogP contribution in [0, 0.1) is 0 Å². The number of hydrogen-bond donors (Lipinski definition) is 1. The maximum Gasteiger partial charge on any atom is 0.110 e. The van der Waals surface area contributed by atoms with Crippen LogP contribution in [0.25, 0.3) is 0 Å². The van der Waals surface area contributed by atoms with Crippen LogP contribution in [0.5, 0.6) is 0 Å². The fourth-order valence-corrected chi connectivity index (χ4v) is 1.62. The van der Waals surface area contributed by atoms with Crippen LogP contribution < -0.4 is 5.32 Å². The zero-order valence-corrected chi connectivity index (χ0v) is 12.0. The molecular formula is C12H27NOS. The number of thioether (sulfide) groups is 1. The van der Waals surface area contributed by atoms with Gasteiger partial charge in [-0.3, -0.25) is 0 Å². The van der Waals surface area contributed by atoms with Crippen LogP contribution in [-0.4, -0.2) is 29.9 Å². The van der Waals surface area contributed by atoms with E-state index in [1.807, 2.05) is 0 Å². The van der Waals surface area contributed by atoms with Crippen molar-refractivity contribution in [2.24, 2.45) is 0 Å². The van der Waals surface area contributed by atoms with Gasteiger partial charge in [-0.25, -0.2) is 0 Å². The minimum Gasteiger partial charge on any atom is -0.363 e. The van der Waals surface area contributed by atoms with E-state index < -0.39 is 0 Å². The second-order valence-corrected chi connectivity index (χ2v) is 6.06. The Morgan fingerprint density at radius 2 is 1.80 bits per heavy atom. The summed E-state index contributed by atoms with van der Waals surface area (Å²) in [7, 11) is 0. The Morgan fingerprint density at radius 3 is 2.20 bits per heavy atom. The highest BCUT2D eigenvalue weighted by Gasteiger charge is 2.25. The van der Waals surface area contributed by atoms with E-state index in [9.17, 15) is 0 Å². The van der Waals surface area contributed by atoms with Gasteiger partial charge in [-0.15, -0.1) is 11.8 Å². The van der Waals surface area contributed by atoms with Crippen LogP contribution >= 0.6 is 11.8 Å². The fraction of sp³-hybridized carbons (Fsp3) is 1.00. The van der Waals surface area contributed by atoms with Gasteiger partial charge in [0.15, 0.2) is 0 Å². The van der Waals surface area contributed by atoms with Crippen molar-refractivity contribution < 1.29 is 4.74 Å². The molecular weight excluding hydrogens is 206 g/mol. The maximum atomic E-state index is 5.99. The summed E-state index contributed by atoms with van der Waals surface area (Å²) in [5, 5.41) is 3.50. The van der Waals surface area contributed by atoms with Gasteiger partial charge < -0.3 is 10.1 Å². The number of rotatable bonds is 8. The van der Waals surface area contributed by atoms with Crippen molar-refractivity contribution in [3.63, 3.8) is 0 Å². The molecule has 0 aromatic heterocycles. The van der Waals surface area contributed by atoms with Gasteiger partial charge in [-0.2, -0.15) is 0 Å². The van der Waals surface area contributed by atoms with E-state index in [1.165, 1.54) is 0 Å². The molecule has 3 heteroatoms. The largest absolute Gasteiger partial charge is 0.363 e. The Hall–Kier alpha value is 0.270. The summed E-state index contributed by atoms with van der Waals surface area (Å²) >= 11 is 1.79. The zero-order valence-electron chi connectivity index (χ0n) is 11.1. The summed E-state index contributed by atoms with van der Waals surface area (Å²) in [6.07, 6.45) is 4.31. The molecule has 0 fully saturated rings. The second-order valence-electron chi connectivity index (χ2n) is 4.79. The number of nitrogens with one attached hydrogen (secondary N) is 1. The van der Waals surface area contributed by atoms with Crippen molar-refractivity contribution in [3.8, 4) is 0 Å². The molecule has 1 N–H and O–H groups in total. The quantitative estimate of drug-likeness (QED) is 0.650. The average Bonchev–Trinajstić information content (AvgIpc) is 2.23. The molecule has 0 spiro atoms. The molecule has 0 aromatic carbocycles. The molecule has 15 heavy (non-hydrogen) atoms. The molecule has 2 nitrogen and oxygen atoms in total. The van der Waals surface area contributed by atoms with Crippen LogP contribution in [0.15, 0.2) is 0 Å². The highest BCUT2D eigenvalue weighted by Crippen LogP contribution is 2.28. The van der Waals surface area contributed by atoms with Crippen molar-refractivity contribution in [2.75, 3.05) is 19.4 Å². The van der Waals surface area contributed by atoms with Crippen LogP contribution in [0.3, 0.4) is 0 Å². The lowest BCUT2D eigenvalue weighted by Gasteiger charge is -2.33. The Kier molecular flexibility index (Phi) is 6.89. The van der Waals surface area contributed by atoms with Crippen molar-refractivity contribution >= 4 is 11.8 Å². The predicted molar refractivity (Wildman–Crippen MR) is 70.5 cm³/mol. The molecule has 0 saturated carbocycles. The standard InChI is InChI=1S/C12H27NOS/c1-7-9-13-11(3,4)10-14-12(5,8-2)15-6/h13H,7-10H2,1-6H3. The minimum absolute atomic E-state index is 0.0365. The van der Waals surface area contributed by atoms with Crippen molar-refractivity contribution in [1.82, 2.24) is 5.32 Å². The zero-order chi connectivity index (χ0) is 11.9. The molecule has 1 unspecified atom stereocenters. The lowest BCUT2D eigenvalue weighted by Crippen LogP contribution is -2.46. The molecule has 0 amide bonds. The lowest BCUT2D eigenvalue weighted by atomic mass is 10.1. The molecule has 0 saturated heterocycles. The Balaban J connectivity index is 4.00. The van der Waals surface area contributed by atoms with Gasteiger partial charge >= 0.3 is 0 Å². The third-order valence-corrected chi connectivity index (χ3v) is 3.94. The summed E-state index contributed by atoms with van der Waals surface area (Å²) in [4.78, 5) is -0.0365. The Morgan fingerprint density at radius 1 is 1.20 bits per heavy atom. The molecule has 1 atom stereocenters. The van der Waals surface area contributed by atoms with E-state index in [4.69, 9.17) is 4.74 Å². The van der Waals surface area contributed by atoms with Gasteiger partial charge in [0.25, 0.3) is 0 Å². The molecule has 0 rings (SSSR count). The Bertz CT molecular complexity index is 167. The van der Waals surface area contributed by atoms with Gasteiger partial charge in [-0.05, 0) is 46.4 Å². The smallest absolute Gasteiger partial charge is 0.110 e.